The molecule has 140 valence electrons. The minimum atomic E-state index is -0.506. The third kappa shape index (κ3) is 3.46. The molecule has 1 aliphatic heterocycles. The van der Waals surface area contributed by atoms with Crippen molar-refractivity contribution in [2.75, 3.05) is 17.7 Å². The van der Waals surface area contributed by atoms with Gasteiger partial charge in [0.2, 0.25) is 11.8 Å². The van der Waals surface area contributed by atoms with E-state index in [-0.39, 0.29) is 18.2 Å². The maximum Gasteiger partial charge on any atom is 0.341 e. The van der Waals surface area contributed by atoms with Crippen molar-refractivity contribution in [1.29, 1.82) is 0 Å². The Labute approximate surface area is 164 Å². The van der Waals surface area contributed by atoms with Crippen LogP contribution in [0.2, 0.25) is 0 Å². The van der Waals surface area contributed by atoms with Crippen molar-refractivity contribution in [1.82, 2.24) is 0 Å². The molecular formula is C19H18N2O4S2. The molecule has 6 nitrogen and oxygen atoms in total. The third-order valence-corrected chi connectivity index (χ3v) is 7.12. The summed E-state index contributed by atoms with van der Waals surface area (Å²) in [5, 5.41) is 5.69. The molecule has 2 N–H and O–H groups in total. The quantitative estimate of drug-likeness (QED) is 0.765. The number of methoxy groups -OCH3 is 1. The Kier molecular flexibility index (Phi) is 4.92. The maximum absolute atomic E-state index is 12.6. The van der Waals surface area contributed by atoms with Crippen molar-refractivity contribution in [3.8, 4) is 0 Å². The van der Waals surface area contributed by atoms with Crippen LogP contribution in [0.5, 0.6) is 0 Å². The number of para-hydroxylation sites is 1. The summed E-state index contributed by atoms with van der Waals surface area (Å²) in [6.07, 6.45) is 2.78. The molecule has 2 heterocycles. The summed E-state index contributed by atoms with van der Waals surface area (Å²) < 4.78 is 4.90. The largest absolute Gasteiger partial charge is 0.465 e. The van der Waals surface area contributed by atoms with E-state index < -0.39 is 11.2 Å². The molecule has 0 bridgehead atoms. The molecule has 27 heavy (non-hydrogen) atoms. The van der Waals surface area contributed by atoms with Gasteiger partial charge in [-0.2, -0.15) is 0 Å². The second kappa shape index (κ2) is 7.36. The lowest BCUT2D eigenvalue weighted by molar-refractivity contribution is -0.120. The molecule has 0 spiro atoms. The normalized spacial score (nSPS) is 17.7. The van der Waals surface area contributed by atoms with Gasteiger partial charge in [-0.15, -0.1) is 23.1 Å². The second-order valence-corrected chi connectivity index (χ2v) is 8.75. The maximum atomic E-state index is 12.6. The first-order valence-corrected chi connectivity index (χ1v) is 10.4. The summed E-state index contributed by atoms with van der Waals surface area (Å²) in [7, 11) is 1.34. The van der Waals surface area contributed by atoms with Crippen molar-refractivity contribution in [2.45, 2.75) is 35.8 Å². The van der Waals surface area contributed by atoms with Gasteiger partial charge in [-0.3, -0.25) is 9.59 Å². The van der Waals surface area contributed by atoms with E-state index in [1.54, 1.807) is 0 Å². The van der Waals surface area contributed by atoms with Crippen LogP contribution in [-0.2, 0) is 27.2 Å². The fourth-order valence-electron chi connectivity index (χ4n) is 3.38. The zero-order valence-corrected chi connectivity index (χ0v) is 16.3. The summed E-state index contributed by atoms with van der Waals surface area (Å²) in [5.74, 6) is -0.897. The fourth-order valence-corrected chi connectivity index (χ4v) is 5.79. The van der Waals surface area contributed by atoms with Crippen molar-refractivity contribution < 1.29 is 19.1 Å². The van der Waals surface area contributed by atoms with Crippen LogP contribution in [0.1, 0.15) is 33.6 Å². The molecule has 1 atom stereocenters. The van der Waals surface area contributed by atoms with Gasteiger partial charge in [0.05, 0.1) is 23.6 Å². The van der Waals surface area contributed by atoms with Crippen LogP contribution in [0.15, 0.2) is 29.2 Å². The van der Waals surface area contributed by atoms with Crippen molar-refractivity contribution in [3.63, 3.8) is 0 Å². The number of carbonyl (C=O) groups excluding carboxylic acids is 3. The van der Waals surface area contributed by atoms with Crippen LogP contribution in [-0.4, -0.2) is 30.1 Å². The van der Waals surface area contributed by atoms with E-state index in [0.717, 1.165) is 40.3 Å². The zero-order chi connectivity index (χ0) is 19.0. The first-order valence-electron chi connectivity index (χ1n) is 8.66. The van der Waals surface area contributed by atoms with Gasteiger partial charge in [0.1, 0.15) is 5.00 Å². The summed E-state index contributed by atoms with van der Waals surface area (Å²) in [5.41, 5.74) is 2.22. The Balaban J connectivity index is 1.49. The Hall–Kier alpha value is -2.32. The van der Waals surface area contributed by atoms with E-state index in [1.807, 2.05) is 24.3 Å². The Morgan fingerprint density at radius 1 is 1.30 bits per heavy atom. The number of hydrogen-bond acceptors (Lipinski definition) is 6. The number of hydrogen-bond donors (Lipinski definition) is 2. The average Bonchev–Trinajstić information content (AvgIpc) is 3.22. The number of amides is 2. The molecule has 0 saturated carbocycles. The number of benzene rings is 1. The van der Waals surface area contributed by atoms with Gasteiger partial charge in [-0.1, -0.05) is 12.1 Å². The van der Waals surface area contributed by atoms with Crippen LogP contribution >= 0.6 is 23.1 Å². The monoisotopic (exact) mass is 402 g/mol. The van der Waals surface area contributed by atoms with Crippen LogP contribution in [0.25, 0.3) is 0 Å². The van der Waals surface area contributed by atoms with Crippen LogP contribution in [0.4, 0.5) is 10.7 Å². The smallest absolute Gasteiger partial charge is 0.341 e. The average molecular weight is 402 g/mol. The van der Waals surface area contributed by atoms with E-state index in [9.17, 15) is 14.4 Å². The Morgan fingerprint density at radius 2 is 2.11 bits per heavy atom. The third-order valence-electron chi connectivity index (χ3n) is 4.64. The molecule has 1 aromatic heterocycles. The molecule has 2 aliphatic rings. The number of anilines is 2. The molecule has 8 heteroatoms. The highest BCUT2D eigenvalue weighted by atomic mass is 32.2. The molecule has 0 fully saturated rings. The fraction of sp³-hybridized carbons (Fsp3) is 0.316. The molecule has 4 rings (SSSR count). The van der Waals surface area contributed by atoms with Gasteiger partial charge in [0.25, 0.3) is 0 Å². The highest BCUT2D eigenvalue weighted by molar-refractivity contribution is 8.01. The van der Waals surface area contributed by atoms with Gasteiger partial charge >= 0.3 is 5.97 Å². The lowest BCUT2D eigenvalue weighted by atomic mass is 10.1. The molecular weight excluding hydrogens is 384 g/mol. The van der Waals surface area contributed by atoms with E-state index in [0.29, 0.717) is 10.6 Å². The molecule has 0 saturated heterocycles. The predicted octanol–water partition coefficient (Wildman–Crippen LogP) is 3.47. The van der Waals surface area contributed by atoms with Crippen molar-refractivity contribution >= 4 is 51.6 Å². The molecule has 0 unspecified atom stereocenters. The summed E-state index contributed by atoms with van der Waals surface area (Å²) >= 11 is 2.81. The van der Waals surface area contributed by atoms with E-state index in [4.69, 9.17) is 4.74 Å². The van der Waals surface area contributed by atoms with Crippen LogP contribution < -0.4 is 10.6 Å². The molecule has 0 radical (unpaired) electrons. The van der Waals surface area contributed by atoms with Gasteiger partial charge in [-0.05, 0) is 37.0 Å². The minimum absolute atomic E-state index is 0.0357. The number of rotatable bonds is 4. The number of esters is 1. The van der Waals surface area contributed by atoms with Crippen molar-refractivity contribution in [2.24, 2.45) is 0 Å². The summed E-state index contributed by atoms with van der Waals surface area (Å²) in [6.45, 7) is 0. The zero-order valence-electron chi connectivity index (χ0n) is 14.7. The second-order valence-electron chi connectivity index (χ2n) is 6.40. The summed E-state index contributed by atoms with van der Waals surface area (Å²) in [4.78, 5) is 39.1. The van der Waals surface area contributed by atoms with Gasteiger partial charge in [-0.25, -0.2) is 4.79 Å². The SMILES string of the molecule is COC(=O)c1c(NC(=O)C[C@H]2Sc3ccccc3NC2=O)sc2c1CCC2. The number of ether oxygens (including phenoxy) is 1. The minimum Gasteiger partial charge on any atom is -0.465 e. The molecule has 1 aliphatic carbocycles. The van der Waals surface area contributed by atoms with Crippen molar-refractivity contribution in [3.05, 3.63) is 40.3 Å². The Bertz CT molecular complexity index is 938. The first kappa shape index (κ1) is 18.1. The number of carbonyl (C=O) groups is 3. The van der Waals surface area contributed by atoms with E-state index in [2.05, 4.69) is 10.6 Å². The van der Waals surface area contributed by atoms with Gasteiger partial charge < -0.3 is 15.4 Å². The predicted molar refractivity (Wildman–Crippen MR) is 106 cm³/mol. The number of nitrogens with one attached hydrogen (secondary N) is 2. The number of fused-ring (bicyclic) bond motifs is 2. The molecule has 1 aromatic carbocycles. The molecule has 2 amide bonds. The number of thioether (sulfide) groups is 1. The highest BCUT2D eigenvalue weighted by Gasteiger charge is 2.31. The molecule has 2 aromatic rings. The first-order chi connectivity index (χ1) is 13.1. The van der Waals surface area contributed by atoms with E-state index in [1.165, 1.54) is 30.2 Å². The lowest BCUT2D eigenvalue weighted by Gasteiger charge is -2.23. The van der Waals surface area contributed by atoms with Crippen LogP contribution in [0, 0.1) is 0 Å². The number of thiophene rings is 1. The van der Waals surface area contributed by atoms with Gasteiger partial charge in [0, 0.05) is 16.2 Å². The Morgan fingerprint density at radius 3 is 2.93 bits per heavy atom. The van der Waals surface area contributed by atoms with E-state index >= 15 is 0 Å². The lowest BCUT2D eigenvalue weighted by Crippen LogP contribution is -2.32. The highest BCUT2D eigenvalue weighted by Crippen LogP contribution is 2.40. The van der Waals surface area contributed by atoms with Crippen LogP contribution in [0.3, 0.4) is 0 Å². The standard InChI is InChI=1S/C19H18N2O4S2/c1-25-19(24)16-10-5-4-8-12(10)27-18(16)21-15(22)9-14-17(23)20-11-6-2-3-7-13(11)26-14/h2-3,6-7,14H,4-5,8-9H2,1H3,(H,20,23)(H,21,22)/t14-/m1/s1. The van der Waals surface area contributed by atoms with Gasteiger partial charge in [0.15, 0.2) is 0 Å². The summed E-state index contributed by atoms with van der Waals surface area (Å²) in [6, 6.07) is 7.52. The topological polar surface area (TPSA) is 84.5 Å². The number of aryl methyl sites for hydroxylation is 1.